The molecule has 0 unspecified atom stereocenters. The molecule has 6 nitrogen and oxygen atoms in total. The Kier molecular flexibility index (Phi) is 6.18. The molecule has 0 bridgehead atoms. The number of carbonyl (C=O) groups is 1. The van der Waals surface area contributed by atoms with E-state index in [4.69, 9.17) is 0 Å². The summed E-state index contributed by atoms with van der Waals surface area (Å²) in [6.45, 7) is 1.46. The molecule has 0 radical (unpaired) electrons. The summed E-state index contributed by atoms with van der Waals surface area (Å²) in [4.78, 5) is 34.7. The van der Waals surface area contributed by atoms with Gasteiger partial charge in [-0.15, -0.1) is 0 Å². The standard InChI is InChI=1S/C15H15F3N4O2S/c1-9-11(8-12(23)20-6-7-25-15(16,17)18)14(24)22-13(21-9)10-2-4-19-5-3-10/h2-5H,6-8H2,1H3,(H,20,23)(H,21,22,24). The fraction of sp³-hybridized carbons (Fsp3) is 0.333. The first kappa shape index (κ1) is 19.0. The smallest absolute Gasteiger partial charge is 0.355 e. The van der Waals surface area contributed by atoms with E-state index in [-0.39, 0.29) is 36.0 Å². The summed E-state index contributed by atoms with van der Waals surface area (Å²) in [7, 11) is 0. The molecule has 2 aromatic heterocycles. The topological polar surface area (TPSA) is 87.7 Å². The van der Waals surface area contributed by atoms with Crippen molar-refractivity contribution in [3.8, 4) is 11.4 Å². The van der Waals surface area contributed by atoms with Crippen LogP contribution in [0.2, 0.25) is 0 Å². The van der Waals surface area contributed by atoms with Crippen LogP contribution in [0.5, 0.6) is 0 Å². The summed E-state index contributed by atoms with van der Waals surface area (Å²) in [5.41, 5.74) is -3.55. The molecule has 0 atom stereocenters. The number of amides is 1. The highest BCUT2D eigenvalue weighted by Crippen LogP contribution is 2.29. The van der Waals surface area contributed by atoms with Crippen molar-refractivity contribution in [3.05, 3.63) is 46.1 Å². The second-order valence-electron chi connectivity index (χ2n) is 5.04. The molecule has 0 saturated heterocycles. The maximum Gasteiger partial charge on any atom is 0.441 e. The number of rotatable bonds is 6. The van der Waals surface area contributed by atoms with Gasteiger partial charge in [0.2, 0.25) is 5.91 Å². The fourth-order valence-corrected chi connectivity index (χ4v) is 2.48. The number of pyridine rings is 1. The van der Waals surface area contributed by atoms with Crippen molar-refractivity contribution < 1.29 is 18.0 Å². The number of thioether (sulfide) groups is 1. The van der Waals surface area contributed by atoms with Gasteiger partial charge in [-0.1, -0.05) is 0 Å². The molecule has 0 aliphatic carbocycles. The van der Waals surface area contributed by atoms with Gasteiger partial charge in [-0.3, -0.25) is 14.6 Å². The zero-order valence-electron chi connectivity index (χ0n) is 13.2. The van der Waals surface area contributed by atoms with Gasteiger partial charge in [0.1, 0.15) is 5.82 Å². The third-order valence-electron chi connectivity index (χ3n) is 3.20. The number of halogens is 3. The molecule has 10 heteroatoms. The lowest BCUT2D eigenvalue weighted by Gasteiger charge is -2.09. The Morgan fingerprint density at radius 3 is 2.60 bits per heavy atom. The van der Waals surface area contributed by atoms with Crippen molar-refractivity contribution in [2.24, 2.45) is 0 Å². The number of hydrogen-bond acceptors (Lipinski definition) is 5. The molecule has 2 aromatic rings. The maximum absolute atomic E-state index is 12.2. The van der Waals surface area contributed by atoms with Gasteiger partial charge in [0.15, 0.2) is 0 Å². The average Bonchev–Trinajstić information content (AvgIpc) is 2.55. The van der Waals surface area contributed by atoms with Crippen LogP contribution in [0.1, 0.15) is 11.3 Å². The molecule has 2 rings (SSSR count). The molecule has 25 heavy (non-hydrogen) atoms. The van der Waals surface area contributed by atoms with Gasteiger partial charge in [-0.2, -0.15) is 13.2 Å². The van der Waals surface area contributed by atoms with Gasteiger partial charge >= 0.3 is 5.51 Å². The van der Waals surface area contributed by atoms with E-state index in [9.17, 15) is 22.8 Å². The third-order valence-corrected chi connectivity index (χ3v) is 3.94. The van der Waals surface area contributed by atoms with E-state index in [1.165, 1.54) is 0 Å². The predicted octanol–water partition coefficient (Wildman–Crippen LogP) is 2.05. The highest BCUT2D eigenvalue weighted by molar-refractivity contribution is 8.00. The van der Waals surface area contributed by atoms with Gasteiger partial charge in [0.05, 0.1) is 6.42 Å². The number of aromatic nitrogens is 3. The van der Waals surface area contributed by atoms with Gasteiger partial charge < -0.3 is 10.3 Å². The van der Waals surface area contributed by atoms with Crippen molar-refractivity contribution in [2.45, 2.75) is 18.9 Å². The Balaban J connectivity index is 2.01. The first-order chi connectivity index (χ1) is 11.8. The van der Waals surface area contributed by atoms with E-state index >= 15 is 0 Å². The molecule has 1 amide bonds. The van der Waals surface area contributed by atoms with Crippen LogP contribution < -0.4 is 10.9 Å². The van der Waals surface area contributed by atoms with E-state index in [1.54, 1.807) is 31.5 Å². The number of nitrogens with one attached hydrogen (secondary N) is 2. The molecule has 134 valence electrons. The molecule has 0 saturated carbocycles. The molecule has 0 aliphatic rings. The Morgan fingerprint density at radius 2 is 2.00 bits per heavy atom. The summed E-state index contributed by atoms with van der Waals surface area (Å²) in [6.07, 6.45) is 2.87. The second kappa shape index (κ2) is 8.15. The average molecular weight is 372 g/mol. The van der Waals surface area contributed by atoms with Crippen molar-refractivity contribution in [1.82, 2.24) is 20.3 Å². The molecule has 2 N–H and O–H groups in total. The molecular formula is C15H15F3N4O2S. The van der Waals surface area contributed by atoms with Gasteiger partial charge in [0, 0.05) is 41.5 Å². The minimum absolute atomic E-state index is 0.136. The predicted molar refractivity (Wildman–Crippen MR) is 88.1 cm³/mol. The van der Waals surface area contributed by atoms with Crippen LogP contribution in [-0.2, 0) is 11.2 Å². The second-order valence-corrected chi connectivity index (χ2v) is 6.20. The Morgan fingerprint density at radius 1 is 1.32 bits per heavy atom. The number of hydrogen-bond donors (Lipinski definition) is 2. The molecular weight excluding hydrogens is 357 g/mol. The third kappa shape index (κ3) is 5.89. The summed E-state index contributed by atoms with van der Waals surface area (Å²) in [5.74, 6) is -0.463. The molecule has 2 heterocycles. The fourth-order valence-electron chi connectivity index (χ4n) is 2.05. The van der Waals surface area contributed by atoms with Gasteiger partial charge in [0.25, 0.3) is 5.56 Å². The minimum atomic E-state index is -4.33. The van der Waals surface area contributed by atoms with E-state index in [0.717, 1.165) is 0 Å². The van der Waals surface area contributed by atoms with Crippen molar-refractivity contribution >= 4 is 17.7 Å². The van der Waals surface area contributed by atoms with E-state index < -0.39 is 17.0 Å². The minimum Gasteiger partial charge on any atom is -0.355 e. The summed E-state index contributed by atoms with van der Waals surface area (Å²) in [5, 5.41) is 2.36. The molecule has 0 fully saturated rings. The van der Waals surface area contributed by atoms with Crippen LogP contribution in [0.3, 0.4) is 0 Å². The lowest BCUT2D eigenvalue weighted by molar-refractivity contribution is -0.120. The van der Waals surface area contributed by atoms with Crippen LogP contribution in [0.15, 0.2) is 29.3 Å². The zero-order chi connectivity index (χ0) is 18.4. The number of aromatic amines is 1. The number of H-pyrrole nitrogens is 1. The SMILES string of the molecule is Cc1nc(-c2ccncc2)[nH]c(=O)c1CC(=O)NCCSC(F)(F)F. The Labute approximate surface area is 145 Å². The van der Waals surface area contributed by atoms with Gasteiger partial charge in [-0.05, 0) is 30.8 Å². The number of aryl methyl sites for hydroxylation is 1. The zero-order valence-corrected chi connectivity index (χ0v) is 14.0. The lowest BCUT2D eigenvalue weighted by atomic mass is 10.1. The van der Waals surface area contributed by atoms with E-state index in [2.05, 4.69) is 20.3 Å². The van der Waals surface area contributed by atoms with Crippen LogP contribution in [0, 0.1) is 6.92 Å². The highest BCUT2D eigenvalue weighted by Gasteiger charge is 2.27. The summed E-state index contributed by atoms with van der Waals surface area (Å²) in [6, 6.07) is 3.37. The molecule has 0 aliphatic heterocycles. The largest absolute Gasteiger partial charge is 0.441 e. The van der Waals surface area contributed by atoms with Crippen LogP contribution >= 0.6 is 11.8 Å². The lowest BCUT2D eigenvalue weighted by Crippen LogP contribution is -2.31. The maximum atomic E-state index is 12.2. The van der Waals surface area contributed by atoms with E-state index in [1.807, 2.05) is 0 Å². The number of nitrogens with zero attached hydrogens (tertiary/aromatic N) is 2. The Bertz CT molecular complexity index is 794. The van der Waals surface area contributed by atoms with Crippen molar-refractivity contribution in [1.29, 1.82) is 0 Å². The highest BCUT2D eigenvalue weighted by atomic mass is 32.2. The van der Waals surface area contributed by atoms with E-state index in [0.29, 0.717) is 17.1 Å². The monoisotopic (exact) mass is 372 g/mol. The normalized spacial score (nSPS) is 11.4. The van der Waals surface area contributed by atoms with Crippen molar-refractivity contribution in [2.75, 3.05) is 12.3 Å². The van der Waals surface area contributed by atoms with Crippen molar-refractivity contribution in [3.63, 3.8) is 0 Å². The first-order valence-electron chi connectivity index (χ1n) is 7.24. The summed E-state index contributed by atoms with van der Waals surface area (Å²) >= 11 is -0.212. The number of carbonyl (C=O) groups excluding carboxylic acids is 1. The van der Waals surface area contributed by atoms with Crippen LogP contribution in [0.4, 0.5) is 13.2 Å². The van der Waals surface area contributed by atoms with Crippen LogP contribution in [-0.4, -0.2) is 38.7 Å². The van der Waals surface area contributed by atoms with Crippen LogP contribution in [0.25, 0.3) is 11.4 Å². The molecule has 0 spiro atoms. The molecule has 0 aromatic carbocycles. The number of alkyl halides is 3. The van der Waals surface area contributed by atoms with Gasteiger partial charge in [-0.25, -0.2) is 4.98 Å². The summed E-state index contributed by atoms with van der Waals surface area (Å²) < 4.78 is 36.0. The Hall–Kier alpha value is -2.36. The first-order valence-corrected chi connectivity index (χ1v) is 8.22. The quantitative estimate of drug-likeness (QED) is 0.758.